The van der Waals surface area contributed by atoms with Crippen LogP contribution in [-0.4, -0.2) is 38.2 Å². The van der Waals surface area contributed by atoms with Crippen LogP contribution >= 0.6 is 0 Å². The molecule has 0 aromatic carbocycles. The van der Waals surface area contributed by atoms with Crippen LogP contribution in [0.5, 0.6) is 0 Å². The van der Waals surface area contributed by atoms with Gasteiger partial charge in [0.1, 0.15) is 0 Å². The van der Waals surface area contributed by atoms with Gasteiger partial charge in [0, 0.05) is 12.0 Å². The molecule has 0 bridgehead atoms. The lowest BCUT2D eigenvalue weighted by Gasteiger charge is -2.36. The zero-order valence-electron chi connectivity index (χ0n) is 9.56. The molecular weight excluding hydrogens is 226 g/mol. The second-order valence-corrected chi connectivity index (χ2v) is 7.70. The molecule has 3 N–H and O–H groups in total. The van der Waals surface area contributed by atoms with Crippen molar-refractivity contribution in [3.63, 3.8) is 0 Å². The molecule has 1 aliphatic heterocycles. The van der Waals surface area contributed by atoms with Crippen molar-refractivity contribution in [1.29, 1.82) is 0 Å². The van der Waals surface area contributed by atoms with E-state index in [9.17, 15) is 13.5 Å². The van der Waals surface area contributed by atoms with Gasteiger partial charge in [-0.3, -0.25) is 0 Å². The summed E-state index contributed by atoms with van der Waals surface area (Å²) in [4.78, 5) is 0. The van der Waals surface area contributed by atoms with Crippen LogP contribution < -0.4 is 5.73 Å². The van der Waals surface area contributed by atoms with E-state index in [-0.39, 0.29) is 29.4 Å². The Bertz CT molecular complexity index is 344. The number of hydrogen-bond donors (Lipinski definition) is 2. The molecule has 2 aliphatic rings. The fraction of sp³-hybridized carbons (Fsp3) is 1.00. The van der Waals surface area contributed by atoms with Crippen molar-refractivity contribution in [1.82, 2.24) is 0 Å². The van der Waals surface area contributed by atoms with E-state index in [4.69, 9.17) is 5.73 Å². The second kappa shape index (κ2) is 4.27. The van der Waals surface area contributed by atoms with Gasteiger partial charge < -0.3 is 10.8 Å². The molecule has 16 heavy (non-hydrogen) atoms. The molecule has 2 fully saturated rings. The quantitative estimate of drug-likeness (QED) is 0.725. The molecule has 0 radical (unpaired) electrons. The summed E-state index contributed by atoms with van der Waals surface area (Å²) < 4.78 is 23.0. The van der Waals surface area contributed by atoms with E-state index in [0.29, 0.717) is 18.9 Å². The van der Waals surface area contributed by atoms with Crippen LogP contribution in [0.2, 0.25) is 0 Å². The monoisotopic (exact) mass is 247 g/mol. The van der Waals surface area contributed by atoms with E-state index in [1.165, 1.54) is 12.8 Å². The van der Waals surface area contributed by atoms with E-state index in [2.05, 4.69) is 0 Å². The summed E-state index contributed by atoms with van der Waals surface area (Å²) in [5, 5.41) is 9.61. The van der Waals surface area contributed by atoms with E-state index < -0.39 is 9.84 Å². The summed E-state index contributed by atoms with van der Waals surface area (Å²) in [5.74, 6) is 1.22. The molecule has 94 valence electrons. The number of hydrogen-bond acceptors (Lipinski definition) is 4. The van der Waals surface area contributed by atoms with Crippen molar-refractivity contribution in [2.24, 2.45) is 23.0 Å². The fourth-order valence-corrected chi connectivity index (χ4v) is 4.79. The van der Waals surface area contributed by atoms with Gasteiger partial charge in [-0.05, 0) is 24.7 Å². The Hall–Kier alpha value is -0.130. The molecule has 1 heterocycles. The zero-order chi connectivity index (χ0) is 11.8. The van der Waals surface area contributed by atoms with Gasteiger partial charge in [-0.1, -0.05) is 12.8 Å². The first kappa shape index (κ1) is 12.3. The lowest BCUT2D eigenvalue weighted by molar-refractivity contribution is 0.0643. The maximum atomic E-state index is 11.5. The number of nitrogens with two attached hydrogens (primary N) is 1. The van der Waals surface area contributed by atoms with Crippen molar-refractivity contribution < 1.29 is 13.5 Å². The lowest BCUT2D eigenvalue weighted by atomic mass is 9.72. The molecule has 0 amide bonds. The van der Waals surface area contributed by atoms with Crippen molar-refractivity contribution >= 4 is 9.84 Å². The summed E-state index contributed by atoms with van der Waals surface area (Å²) in [7, 11) is -2.88. The molecule has 1 aliphatic carbocycles. The number of rotatable bonds is 5. The van der Waals surface area contributed by atoms with Crippen LogP contribution in [-0.2, 0) is 9.84 Å². The molecule has 1 saturated heterocycles. The van der Waals surface area contributed by atoms with Gasteiger partial charge in [-0.15, -0.1) is 0 Å². The Morgan fingerprint density at radius 1 is 1.31 bits per heavy atom. The summed E-state index contributed by atoms with van der Waals surface area (Å²) >= 11 is 0. The molecular formula is C11H21NO3S. The maximum Gasteiger partial charge on any atom is 0.150 e. The third-order valence-corrected chi connectivity index (χ3v) is 5.98. The van der Waals surface area contributed by atoms with Gasteiger partial charge >= 0.3 is 0 Å². The molecule has 0 aromatic heterocycles. The van der Waals surface area contributed by atoms with E-state index in [1.54, 1.807) is 0 Å². The van der Waals surface area contributed by atoms with Gasteiger partial charge in [-0.2, -0.15) is 0 Å². The number of aliphatic hydroxyl groups excluding tert-OH is 1. The highest BCUT2D eigenvalue weighted by Gasteiger charge is 2.46. The van der Waals surface area contributed by atoms with Crippen LogP contribution in [0.3, 0.4) is 0 Å². The predicted octanol–water partition coefficient (Wildman–Crippen LogP) is 0.159. The maximum absolute atomic E-state index is 11.5. The largest absolute Gasteiger partial charge is 0.396 e. The minimum Gasteiger partial charge on any atom is -0.396 e. The summed E-state index contributed by atoms with van der Waals surface area (Å²) in [5.41, 5.74) is 5.47. The number of aliphatic hydroxyl groups is 1. The summed E-state index contributed by atoms with van der Waals surface area (Å²) in [6.07, 6.45) is 4.00. The van der Waals surface area contributed by atoms with Crippen molar-refractivity contribution in [3.05, 3.63) is 0 Å². The molecule has 1 saturated carbocycles. The SMILES string of the molecule is NCC(CO)(CC1CC1)C1CCS(=O)(=O)C1. The summed E-state index contributed by atoms with van der Waals surface area (Å²) in [6, 6.07) is 0. The van der Waals surface area contributed by atoms with Gasteiger partial charge in [0.25, 0.3) is 0 Å². The van der Waals surface area contributed by atoms with Crippen LogP contribution in [0.25, 0.3) is 0 Å². The first-order chi connectivity index (χ1) is 7.51. The van der Waals surface area contributed by atoms with Crippen LogP contribution in [0.15, 0.2) is 0 Å². The van der Waals surface area contributed by atoms with Crippen molar-refractivity contribution in [3.8, 4) is 0 Å². The standard InChI is InChI=1S/C11H21NO3S/c12-7-11(8-13,5-9-1-2-9)10-3-4-16(14,15)6-10/h9-10,13H,1-8,12H2. The molecule has 0 spiro atoms. The minimum absolute atomic E-state index is 0.0280. The molecule has 5 heteroatoms. The highest BCUT2D eigenvalue weighted by atomic mass is 32.2. The van der Waals surface area contributed by atoms with E-state index in [0.717, 1.165) is 6.42 Å². The Kier molecular flexibility index (Phi) is 3.29. The van der Waals surface area contributed by atoms with E-state index in [1.807, 2.05) is 0 Å². The normalized spacial score (nSPS) is 32.5. The second-order valence-electron chi connectivity index (χ2n) is 5.47. The Balaban J connectivity index is 2.11. The topological polar surface area (TPSA) is 80.4 Å². The van der Waals surface area contributed by atoms with Gasteiger partial charge in [0.2, 0.25) is 0 Å². The van der Waals surface area contributed by atoms with Crippen LogP contribution in [0.4, 0.5) is 0 Å². The Labute approximate surface area is 97.1 Å². The molecule has 2 unspecified atom stereocenters. The van der Waals surface area contributed by atoms with Crippen LogP contribution in [0.1, 0.15) is 25.7 Å². The molecule has 4 nitrogen and oxygen atoms in total. The third-order valence-electron chi connectivity index (χ3n) is 4.21. The smallest absolute Gasteiger partial charge is 0.150 e. The fourth-order valence-electron chi connectivity index (χ4n) is 2.85. The minimum atomic E-state index is -2.88. The molecule has 2 atom stereocenters. The van der Waals surface area contributed by atoms with Crippen molar-refractivity contribution in [2.45, 2.75) is 25.7 Å². The zero-order valence-corrected chi connectivity index (χ0v) is 10.4. The predicted molar refractivity (Wildman–Crippen MR) is 62.7 cm³/mol. The summed E-state index contributed by atoms with van der Waals surface area (Å²) in [6.45, 7) is 0.431. The third kappa shape index (κ3) is 2.41. The van der Waals surface area contributed by atoms with E-state index >= 15 is 0 Å². The average Bonchev–Trinajstić information content (AvgIpc) is 2.98. The Morgan fingerprint density at radius 3 is 2.38 bits per heavy atom. The molecule has 2 rings (SSSR count). The van der Waals surface area contributed by atoms with Gasteiger partial charge in [0.15, 0.2) is 9.84 Å². The first-order valence-corrected chi connectivity index (χ1v) is 7.85. The highest BCUT2D eigenvalue weighted by Crippen LogP contribution is 2.46. The van der Waals surface area contributed by atoms with Gasteiger partial charge in [-0.25, -0.2) is 8.42 Å². The highest BCUT2D eigenvalue weighted by molar-refractivity contribution is 7.91. The molecule has 0 aromatic rings. The first-order valence-electron chi connectivity index (χ1n) is 6.03. The van der Waals surface area contributed by atoms with Crippen LogP contribution in [0, 0.1) is 17.3 Å². The van der Waals surface area contributed by atoms with Crippen molar-refractivity contribution in [2.75, 3.05) is 24.7 Å². The number of sulfone groups is 1. The lowest BCUT2D eigenvalue weighted by Crippen LogP contribution is -2.42. The average molecular weight is 247 g/mol. The van der Waals surface area contributed by atoms with Gasteiger partial charge in [0.05, 0.1) is 18.1 Å². The Morgan fingerprint density at radius 2 is 2.00 bits per heavy atom.